The van der Waals surface area contributed by atoms with E-state index in [2.05, 4.69) is 0 Å². The molecule has 1 unspecified atom stereocenters. The van der Waals surface area contributed by atoms with Crippen molar-refractivity contribution in [2.24, 2.45) is 11.8 Å². The van der Waals surface area contributed by atoms with Gasteiger partial charge in [-0.15, -0.1) is 0 Å². The zero-order valence-corrected chi connectivity index (χ0v) is 20.6. The van der Waals surface area contributed by atoms with Crippen LogP contribution in [0.15, 0.2) is 23.0 Å². The van der Waals surface area contributed by atoms with E-state index < -0.39 is 34.8 Å². The molecule has 2 aliphatic heterocycles. The van der Waals surface area contributed by atoms with Gasteiger partial charge in [-0.05, 0) is 62.6 Å². The third-order valence-corrected chi connectivity index (χ3v) is 8.88. The summed E-state index contributed by atoms with van der Waals surface area (Å²) in [5.41, 5.74) is -0.643. The largest absolute Gasteiger partial charge is 0.502 e. The maximum Gasteiger partial charge on any atom is 0.296 e. The lowest BCUT2D eigenvalue weighted by Gasteiger charge is -2.47. The number of hydrogen-bond acceptors (Lipinski definition) is 5. The first-order chi connectivity index (χ1) is 17.1. The van der Waals surface area contributed by atoms with Crippen molar-refractivity contribution in [2.75, 3.05) is 13.1 Å². The molecule has 2 fully saturated rings. The highest BCUT2D eigenvalue weighted by atomic mass is 35.5. The maximum atomic E-state index is 13.9. The van der Waals surface area contributed by atoms with E-state index in [0.29, 0.717) is 23.5 Å². The number of hydrogen-bond donors (Lipinski definition) is 2. The fourth-order valence-corrected chi connectivity index (χ4v) is 7.15. The van der Waals surface area contributed by atoms with Crippen molar-refractivity contribution in [1.29, 1.82) is 0 Å². The first kappa shape index (κ1) is 23.5. The summed E-state index contributed by atoms with van der Waals surface area (Å²) in [6, 6.07) is 4.19. The van der Waals surface area contributed by atoms with Gasteiger partial charge in [0.25, 0.3) is 17.4 Å². The lowest BCUT2D eigenvalue weighted by molar-refractivity contribution is -0.0380. The second-order valence-corrected chi connectivity index (χ2v) is 10.9. The summed E-state index contributed by atoms with van der Waals surface area (Å²) in [5.74, 6) is -1.66. The van der Waals surface area contributed by atoms with Crippen molar-refractivity contribution in [3.63, 3.8) is 0 Å². The Labute approximate surface area is 211 Å². The second kappa shape index (κ2) is 8.05. The van der Waals surface area contributed by atoms with E-state index >= 15 is 0 Å². The molecule has 36 heavy (non-hydrogen) atoms. The van der Waals surface area contributed by atoms with Crippen LogP contribution in [0.5, 0.6) is 5.75 Å². The highest BCUT2D eigenvalue weighted by Gasteiger charge is 2.63. The number of β-amino-alcohol motifs (C(OH)–C–C–N with tert-alkyl or cyclic N) is 1. The van der Waals surface area contributed by atoms with Crippen LogP contribution in [0.2, 0.25) is 5.02 Å². The molecule has 1 spiro atoms. The van der Waals surface area contributed by atoms with Gasteiger partial charge in [0.1, 0.15) is 17.2 Å². The van der Waals surface area contributed by atoms with E-state index in [1.807, 2.05) is 0 Å². The van der Waals surface area contributed by atoms with Crippen LogP contribution >= 0.6 is 11.6 Å². The minimum Gasteiger partial charge on any atom is -0.502 e. The molecule has 0 bridgehead atoms. The van der Waals surface area contributed by atoms with Crippen molar-refractivity contribution in [1.82, 2.24) is 14.4 Å². The predicted octanol–water partition coefficient (Wildman–Crippen LogP) is 2.85. The van der Waals surface area contributed by atoms with Gasteiger partial charge in [0, 0.05) is 31.1 Å². The number of nitrogens with zero attached hydrogens (tertiary/aromatic N) is 3. The van der Waals surface area contributed by atoms with Gasteiger partial charge in [0.15, 0.2) is 5.75 Å². The van der Waals surface area contributed by atoms with Crippen LogP contribution in [-0.4, -0.2) is 55.6 Å². The van der Waals surface area contributed by atoms with Crippen LogP contribution in [0.25, 0.3) is 0 Å². The van der Waals surface area contributed by atoms with Crippen LogP contribution in [0.1, 0.15) is 64.6 Å². The fourth-order valence-electron chi connectivity index (χ4n) is 6.94. The van der Waals surface area contributed by atoms with Gasteiger partial charge >= 0.3 is 0 Å². The molecule has 10 heteroatoms. The third-order valence-electron chi connectivity index (χ3n) is 8.59. The van der Waals surface area contributed by atoms with E-state index in [9.17, 15) is 29.0 Å². The van der Waals surface area contributed by atoms with E-state index in [1.165, 1.54) is 27.7 Å². The normalized spacial score (nSPS) is 27.2. The lowest BCUT2D eigenvalue weighted by atomic mass is 9.72. The number of amides is 2. The summed E-state index contributed by atoms with van der Waals surface area (Å²) in [5, 5.41) is 21.2. The fraction of sp³-hybridized carbons (Fsp3) is 0.500. The average Bonchev–Trinajstić information content (AvgIpc) is 3.20. The molecule has 4 aliphatic rings. The summed E-state index contributed by atoms with van der Waals surface area (Å²) in [4.78, 5) is 44.1. The molecule has 190 valence electrons. The number of carbonyl (C=O) groups excluding carboxylic acids is 2. The highest BCUT2D eigenvalue weighted by Crippen LogP contribution is 2.60. The van der Waals surface area contributed by atoms with Crippen LogP contribution in [0.4, 0.5) is 4.39 Å². The van der Waals surface area contributed by atoms with E-state index in [0.717, 1.165) is 19.3 Å². The highest BCUT2D eigenvalue weighted by molar-refractivity contribution is 6.30. The second-order valence-electron chi connectivity index (χ2n) is 10.5. The van der Waals surface area contributed by atoms with Crippen LogP contribution in [-0.2, 0) is 18.6 Å². The quantitative estimate of drug-likeness (QED) is 0.652. The Morgan fingerprint density at radius 2 is 1.97 bits per heavy atom. The monoisotopic (exact) mass is 515 g/mol. The number of rotatable bonds is 4. The van der Waals surface area contributed by atoms with Gasteiger partial charge in [-0.2, -0.15) is 0 Å². The number of aromatic hydroxyl groups is 1. The number of aliphatic hydroxyl groups is 1. The Morgan fingerprint density at radius 1 is 1.19 bits per heavy atom. The number of fused-ring (bicyclic) bond motifs is 6. The average molecular weight is 516 g/mol. The molecular formula is C26H27ClFN3O5. The summed E-state index contributed by atoms with van der Waals surface area (Å²) in [7, 11) is 0. The molecule has 0 saturated heterocycles. The van der Waals surface area contributed by atoms with Crippen molar-refractivity contribution in [3.05, 3.63) is 61.8 Å². The number of carbonyl (C=O) groups is 2. The molecule has 6 rings (SSSR count). The smallest absolute Gasteiger partial charge is 0.296 e. The Balaban J connectivity index is 1.46. The van der Waals surface area contributed by atoms with Gasteiger partial charge in [-0.3, -0.25) is 19.0 Å². The van der Waals surface area contributed by atoms with Gasteiger partial charge < -0.3 is 20.0 Å². The zero-order chi connectivity index (χ0) is 25.5. The molecule has 0 radical (unpaired) electrons. The number of aromatic nitrogens is 1. The summed E-state index contributed by atoms with van der Waals surface area (Å²) in [6.07, 6.45) is 2.83. The summed E-state index contributed by atoms with van der Waals surface area (Å²) < 4.78 is 15.0. The Kier molecular flexibility index (Phi) is 5.25. The SMILES string of the molecule is C[C@H](O)CN1C(=O)c2c3c(c(O)c(=O)n2[C@@]12CCC1CC[C@H]12)C(=O)N(Cc1ccc(F)c(Cl)c1)CC3. The van der Waals surface area contributed by atoms with Crippen molar-refractivity contribution in [2.45, 2.75) is 57.3 Å². The molecule has 1 aromatic heterocycles. The molecule has 1 aromatic carbocycles. The topological polar surface area (TPSA) is 103 Å². The Bertz CT molecular complexity index is 1370. The van der Waals surface area contributed by atoms with E-state index in [4.69, 9.17) is 11.6 Å². The van der Waals surface area contributed by atoms with Crippen molar-refractivity contribution >= 4 is 23.4 Å². The number of pyridine rings is 1. The van der Waals surface area contributed by atoms with E-state index in [1.54, 1.807) is 11.8 Å². The summed E-state index contributed by atoms with van der Waals surface area (Å²) in [6.45, 7) is 2.06. The van der Waals surface area contributed by atoms with Crippen LogP contribution < -0.4 is 5.56 Å². The Hall–Kier alpha value is -2.91. The molecule has 8 nitrogen and oxygen atoms in total. The molecular weight excluding hydrogens is 489 g/mol. The minimum atomic E-state index is -0.916. The molecule has 2 amide bonds. The van der Waals surface area contributed by atoms with Crippen LogP contribution in [0.3, 0.4) is 0 Å². The van der Waals surface area contributed by atoms with Gasteiger partial charge in [-0.25, -0.2) is 4.39 Å². The predicted molar refractivity (Wildman–Crippen MR) is 128 cm³/mol. The van der Waals surface area contributed by atoms with Gasteiger partial charge in [0.2, 0.25) is 0 Å². The Morgan fingerprint density at radius 3 is 2.61 bits per heavy atom. The first-order valence-corrected chi connectivity index (χ1v) is 12.8. The lowest BCUT2D eigenvalue weighted by Crippen LogP contribution is -2.56. The molecule has 3 heterocycles. The standard InChI is InChI=1S/C26H27ClFN3O5/c1-13(32)11-30-24(35)21-16-7-9-29(12-14-2-5-19(28)18(27)10-14)23(34)20(16)22(33)25(36)31(21)26(30)8-6-15-3-4-17(15)26/h2,5,10,13,15,17,32-33H,3-4,6-9,11-12H2,1H3/t13-,15?,17+,26+/m0/s1. The first-order valence-electron chi connectivity index (χ1n) is 12.4. The van der Waals surface area contributed by atoms with Gasteiger partial charge in [-0.1, -0.05) is 17.7 Å². The number of benzene rings is 1. The van der Waals surface area contributed by atoms with Crippen molar-refractivity contribution < 1.29 is 24.2 Å². The molecule has 2 aliphatic carbocycles. The number of aliphatic hydroxyl groups excluding tert-OH is 1. The summed E-state index contributed by atoms with van der Waals surface area (Å²) >= 11 is 5.89. The van der Waals surface area contributed by atoms with Crippen molar-refractivity contribution in [3.8, 4) is 5.75 Å². The molecule has 2 aromatic rings. The third kappa shape index (κ3) is 3.05. The maximum absolute atomic E-state index is 13.9. The molecule has 2 N–H and O–H groups in total. The minimum absolute atomic E-state index is 0.0590. The van der Waals surface area contributed by atoms with Gasteiger partial charge in [0.05, 0.1) is 16.7 Å². The van der Waals surface area contributed by atoms with E-state index in [-0.39, 0.29) is 54.2 Å². The molecule has 2 saturated carbocycles. The van der Waals surface area contributed by atoms with Crippen LogP contribution in [0, 0.1) is 17.7 Å². The number of halogens is 2. The molecule has 4 atom stereocenters. The zero-order valence-electron chi connectivity index (χ0n) is 19.8.